The molecule has 1 saturated carbocycles. The molecular formula is C16H23N3O2. The Kier molecular flexibility index (Phi) is 4.51. The van der Waals surface area contributed by atoms with Crippen LogP contribution >= 0.6 is 0 Å². The number of hydrogen-bond acceptors (Lipinski definition) is 4. The number of amides is 1. The fourth-order valence-corrected chi connectivity index (χ4v) is 2.90. The molecule has 2 aliphatic rings. The Morgan fingerprint density at radius 2 is 2.14 bits per heavy atom. The number of pyridine rings is 1. The first kappa shape index (κ1) is 14.5. The number of aromatic nitrogens is 1. The van der Waals surface area contributed by atoms with Crippen LogP contribution in [0.2, 0.25) is 0 Å². The summed E-state index contributed by atoms with van der Waals surface area (Å²) in [5, 5.41) is 13.0. The molecular weight excluding hydrogens is 266 g/mol. The highest BCUT2D eigenvalue weighted by Crippen LogP contribution is 2.24. The molecule has 114 valence electrons. The third-order valence-corrected chi connectivity index (χ3v) is 4.40. The van der Waals surface area contributed by atoms with Crippen LogP contribution in [0, 0.1) is 5.92 Å². The lowest BCUT2D eigenvalue weighted by Gasteiger charge is -2.33. The molecule has 1 aliphatic heterocycles. The molecule has 5 heteroatoms. The van der Waals surface area contributed by atoms with Gasteiger partial charge >= 0.3 is 0 Å². The van der Waals surface area contributed by atoms with Gasteiger partial charge in [0.05, 0.1) is 0 Å². The van der Waals surface area contributed by atoms with Gasteiger partial charge in [-0.15, -0.1) is 0 Å². The Bertz CT molecular complexity index is 468. The smallest absolute Gasteiger partial charge is 0.249 e. The van der Waals surface area contributed by atoms with Crippen LogP contribution in [-0.2, 0) is 11.3 Å². The number of aliphatic hydroxyl groups excluding tert-OH is 1. The molecule has 3 rings (SSSR count). The summed E-state index contributed by atoms with van der Waals surface area (Å²) in [7, 11) is 0. The quantitative estimate of drug-likeness (QED) is 0.846. The number of aliphatic hydroxyl groups is 1. The molecule has 0 bridgehead atoms. The Morgan fingerprint density at radius 3 is 2.76 bits per heavy atom. The first-order valence-corrected chi connectivity index (χ1v) is 7.82. The van der Waals surface area contributed by atoms with E-state index in [1.165, 1.54) is 5.56 Å². The maximum absolute atomic E-state index is 11.9. The van der Waals surface area contributed by atoms with Crippen molar-refractivity contribution in [3.63, 3.8) is 0 Å². The summed E-state index contributed by atoms with van der Waals surface area (Å²) in [6.07, 6.45) is 6.70. The minimum Gasteiger partial charge on any atom is -0.383 e. The van der Waals surface area contributed by atoms with E-state index < -0.39 is 6.10 Å². The molecule has 1 saturated heterocycles. The molecule has 2 fully saturated rings. The second-order valence-electron chi connectivity index (χ2n) is 6.20. The van der Waals surface area contributed by atoms with Gasteiger partial charge in [-0.3, -0.25) is 14.7 Å². The van der Waals surface area contributed by atoms with Crippen molar-refractivity contribution in [2.75, 3.05) is 13.1 Å². The van der Waals surface area contributed by atoms with Crippen LogP contribution in [0.5, 0.6) is 0 Å². The van der Waals surface area contributed by atoms with E-state index in [0.717, 1.165) is 45.3 Å². The Hall–Kier alpha value is -1.46. The van der Waals surface area contributed by atoms with Crippen molar-refractivity contribution in [3.05, 3.63) is 30.1 Å². The topological polar surface area (TPSA) is 65.5 Å². The van der Waals surface area contributed by atoms with Crippen molar-refractivity contribution in [1.29, 1.82) is 0 Å². The minimum absolute atomic E-state index is 0.0916. The highest BCUT2D eigenvalue weighted by atomic mass is 16.3. The van der Waals surface area contributed by atoms with Crippen LogP contribution in [-0.4, -0.2) is 46.1 Å². The van der Waals surface area contributed by atoms with Gasteiger partial charge < -0.3 is 10.4 Å². The second-order valence-corrected chi connectivity index (χ2v) is 6.20. The van der Waals surface area contributed by atoms with Gasteiger partial charge in [-0.25, -0.2) is 0 Å². The zero-order valence-corrected chi connectivity index (χ0v) is 12.2. The van der Waals surface area contributed by atoms with Crippen molar-refractivity contribution in [2.45, 2.75) is 44.4 Å². The van der Waals surface area contributed by atoms with E-state index >= 15 is 0 Å². The molecule has 2 heterocycles. The summed E-state index contributed by atoms with van der Waals surface area (Å²) in [5.41, 5.74) is 1.21. The summed E-state index contributed by atoms with van der Waals surface area (Å²) in [6, 6.07) is 4.35. The molecule has 21 heavy (non-hydrogen) atoms. The van der Waals surface area contributed by atoms with Crippen LogP contribution in [0.25, 0.3) is 0 Å². The SMILES string of the molecule is O=C(NC1CC1)C(O)C1CCN(Cc2cccnc2)CC1. The van der Waals surface area contributed by atoms with E-state index in [0.29, 0.717) is 6.04 Å². The minimum atomic E-state index is -0.842. The maximum atomic E-state index is 11.9. The van der Waals surface area contributed by atoms with Gasteiger partial charge in [-0.1, -0.05) is 6.07 Å². The van der Waals surface area contributed by atoms with E-state index in [1.54, 1.807) is 6.20 Å². The standard InChI is InChI=1S/C16H23N3O2/c20-15(16(21)18-14-3-4-14)13-5-8-19(9-6-13)11-12-2-1-7-17-10-12/h1-2,7,10,13-15,20H,3-6,8-9,11H2,(H,18,21). The lowest BCUT2D eigenvalue weighted by atomic mass is 9.90. The molecule has 1 aromatic rings. The zero-order valence-electron chi connectivity index (χ0n) is 12.2. The summed E-state index contributed by atoms with van der Waals surface area (Å²) in [5.74, 6) is -0.0860. The highest BCUT2D eigenvalue weighted by Gasteiger charge is 2.32. The Labute approximate surface area is 125 Å². The van der Waals surface area contributed by atoms with Gasteiger partial charge in [0.2, 0.25) is 5.91 Å². The van der Waals surface area contributed by atoms with E-state index in [2.05, 4.69) is 21.3 Å². The average Bonchev–Trinajstić information content (AvgIpc) is 3.32. The van der Waals surface area contributed by atoms with E-state index in [9.17, 15) is 9.90 Å². The van der Waals surface area contributed by atoms with E-state index in [4.69, 9.17) is 0 Å². The highest BCUT2D eigenvalue weighted by molar-refractivity contribution is 5.81. The summed E-state index contributed by atoms with van der Waals surface area (Å²) in [4.78, 5) is 18.4. The molecule has 1 aliphatic carbocycles. The molecule has 0 spiro atoms. The zero-order chi connectivity index (χ0) is 14.7. The molecule has 0 aromatic carbocycles. The number of nitrogens with one attached hydrogen (secondary N) is 1. The third kappa shape index (κ3) is 4.02. The monoisotopic (exact) mass is 289 g/mol. The van der Waals surface area contributed by atoms with Gasteiger partial charge in [-0.2, -0.15) is 0 Å². The van der Waals surface area contributed by atoms with Crippen molar-refractivity contribution in [2.24, 2.45) is 5.92 Å². The lowest BCUT2D eigenvalue weighted by Crippen LogP contribution is -2.44. The molecule has 1 unspecified atom stereocenters. The number of carbonyl (C=O) groups is 1. The van der Waals surface area contributed by atoms with Crippen LogP contribution in [0.1, 0.15) is 31.2 Å². The molecule has 0 radical (unpaired) electrons. The molecule has 1 aromatic heterocycles. The number of likely N-dealkylation sites (tertiary alicyclic amines) is 1. The number of hydrogen-bond donors (Lipinski definition) is 2. The Morgan fingerprint density at radius 1 is 1.38 bits per heavy atom. The van der Waals surface area contributed by atoms with Crippen molar-refractivity contribution in [3.8, 4) is 0 Å². The van der Waals surface area contributed by atoms with E-state index in [1.807, 2.05) is 12.3 Å². The molecule has 2 N–H and O–H groups in total. The largest absolute Gasteiger partial charge is 0.383 e. The van der Waals surface area contributed by atoms with Crippen LogP contribution in [0.3, 0.4) is 0 Å². The summed E-state index contributed by atoms with van der Waals surface area (Å²) in [6.45, 7) is 2.74. The van der Waals surface area contributed by atoms with Crippen molar-refractivity contribution in [1.82, 2.24) is 15.2 Å². The van der Waals surface area contributed by atoms with Crippen LogP contribution < -0.4 is 5.32 Å². The van der Waals surface area contributed by atoms with Crippen LogP contribution in [0.4, 0.5) is 0 Å². The molecule has 1 atom stereocenters. The fourth-order valence-electron chi connectivity index (χ4n) is 2.90. The summed E-state index contributed by atoms with van der Waals surface area (Å²) >= 11 is 0. The van der Waals surface area contributed by atoms with Crippen LogP contribution in [0.15, 0.2) is 24.5 Å². The number of rotatable bonds is 5. The first-order valence-electron chi connectivity index (χ1n) is 7.82. The van der Waals surface area contributed by atoms with Gasteiger partial charge in [0.15, 0.2) is 0 Å². The fraction of sp³-hybridized carbons (Fsp3) is 0.625. The predicted molar refractivity (Wildman–Crippen MR) is 79.4 cm³/mol. The maximum Gasteiger partial charge on any atom is 0.249 e. The number of nitrogens with zero attached hydrogens (tertiary/aromatic N) is 2. The van der Waals surface area contributed by atoms with Gasteiger partial charge in [0.1, 0.15) is 6.10 Å². The number of carbonyl (C=O) groups excluding carboxylic acids is 1. The summed E-state index contributed by atoms with van der Waals surface area (Å²) < 4.78 is 0. The average molecular weight is 289 g/mol. The van der Waals surface area contributed by atoms with E-state index in [-0.39, 0.29) is 11.8 Å². The number of piperidine rings is 1. The Balaban J connectivity index is 1.44. The predicted octanol–water partition coefficient (Wildman–Crippen LogP) is 0.933. The first-order chi connectivity index (χ1) is 10.2. The van der Waals surface area contributed by atoms with Crippen molar-refractivity contribution >= 4 is 5.91 Å². The molecule has 1 amide bonds. The van der Waals surface area contributed by atoms with Crippen molar-refractivity contribution < 1.29 is 9.90 Å². The normalized spacial score (nSPS) is 22.0. The molecule has 5 nitrogen and oxygen atoms in total. The third-order valence-electron chi connectivity index (χ3n) is 4.40. The van der Waals surface area contributed by atoms with Gasteiger partial charge in [0.25, 0.3) is 0 Å². The van der Waals surface area contributed by atoms with Gasteiger partial charge in [0, 0.05) is 25.0 Å². The van der Waals surface area contributed by atoms with Gasteiger partial charge in [-0.05, 0) is 56.3 Å². The second kappa shape index (κ2) is 6.54. The lowest BCUT2D eigenvalue weighted by molar-refractivity contribution is -0.133.